The molecule has 2 aromatic carbocycles. The van der Waals surface area contributed by atoms with Gasteiger partial charge in [-0.25, -0.2) is 0 Å². The van der Waals surface area contributed by atoms with Crippen LogP contribution in [0.5, 0.6) is 0 Å². The number of nitrogens with zero attached hydrogens (tertiary/aromatic N) is 2. The van der Waals surface area contributed by atoms with Gasteiger partial charge in [0.15, 0.2) is 0 Å². The summed E-state index contributed by atoms with van der Waals surface area (Å²) in [6, 6.07) is 14.8. The van der Waals surface area contributed by atoms with Crippen LogP contribution in [0.4, 0.5) is 0 Å². The van der Waals surface area contributed by atoms with Crippen LogP contribution in [-0.4, -0.2) is 22.5 Å². The van der Waals surface area contributed by atoms with Crippen molar-refractivity contribution in [1.82, 2.24) is 9.97 Å². The first-order valence-corrected chi connectivity index (χ1v) is 10.6. The van der Waals surface area contributed by atoms with E-state index in [2.05, 4.69) is 24.3 Å². The zero-order valence-electron chi connectivity index (χ0n) is 17.1. The van der Waals surface area contributed by atoms with Crippen LogP contribution in [0.1, 0.15) is 47.6 Å². The van der Waals surface area contributed by atoms with E-state index in [0.29, 0.717) is 18.4 Å². The average Bonchev–Trinajstić information content (AvgIpc) is 3.48. The molecule has 4 nitrogen and oxygen atoms in total. The van der Waals surface area contributed by atoms with E-state index in [4.69, 9.17) is 14.7 Å². The molecular formula is C26H22N2O2. The van der Waals surface area contributed by atoms with Gasteiger partial charge in [0.2, 0.25) is 0 Å². The largest absolute Gasteiger partial charge is 0.466 e. The van der Waals surface area contributed by atoms with E-state index >= 15 is 0 Å². The lowest BCUT2D eigenvalue weighted by molar-refractivity contribution is -0.142. The van der Waals surface area contributed by atoms with Crippen molar-refractivity contribution in [1.29, 1.82) is 0 Å². The Kier molecular flexibility index (Phi) is 3.73. The predicted octanol–water partition coefficient (Wildman–Crippen LogP) is 5.45. The normalized spacial score (nSPS) is 18.6. The van der Waals surface area contributed by atoms with Crippen molar-refractivity contribution in [2.45, 2.75) is 38.5 Å². The van der Waals surface area contributed by atoms with Gasteiger partial charge in [0, 0.05) is 28.2 Å². The summed E-state index contributed by atoms with van der Waals surface area (Å²) in [5.74, 6) is 1.10. The van der Waals surface area contributed by atoms with Gasteiger partial charge in [-0.15, -0.1) is 0 Å². The second kappa shape index (κ2) is 6.36. The molecule has 2 aliphatic rings. The number of pyridine rings is 2. The number of para-hydroxylation sites is 1. The number of carbonyl (C=O) groups excluding carboxylic acids is 1. The van der Waals surface area contributed by atoms with E-state index in [1.807, 2.05) is 38.2 Å². The minimum atomic E-state index is -0.223. The molecule has 4 aromatic rings. The molecule has 2 atom stereocenters. The zero-order chi connectivity index (χ0) is 20.4. The fourth-order valence-corrected chi connectivity index (χ4v) is 5.28. The van der Waals surface area contributed by atoms with Crippen molar-refractivity contribution in [3.63, 3.8) is 0 Å². The van der Waals surface area contributed by atoms with Crippen molar-refractivity contribution in [3.8, 4) is 11.1 Å². The molecule has 0 N–H and O–H groups in total. The summed E-state index contributed by atoms with van der Waals surface area (Å²) >= 11 is 0. The quantitative estimate of drug-likeness (QED) is 0.432. The van der Waals surface area contributed by atoms with Crippen LogP contribution >= 0.6 is 0 Å². The van der Waals surface area contributed by atoms with Gasteiger partial charge in [0.25, 0.3) is 0 Å². The lowest BCUT2D eigenvalue weighted by atomic mass is 9.89. The van der Waals surface area contributed by atoms with E-state index in [9.17, 15) is 4.79 Å². The average molecular weight is 394 g/mol. The fourth-order valence-electron chi connectivity index (χ4n) is 5.28. The summed E-state index contributed by atoms with van der Waals surface area (Å²) < 4.78 is 5.28. The summed E-state index contributed by atoms with van der Waals surface area (Å²) in [6.45, 7) is 4.19. The Hall–Kier alpha value is -3.27. The smallest absolute Gasteiger partial charge is 0.310 e. The highest BCUT2D eigenvalue weighted by Crippen LogP contribution is 2.63. The second-order valence-corrected chi connectivity index (χ2v) is 8.32. The summed E-state index contributed by atoms with van der Waals surface area (Å²) in [4.78, 5) is 22.1. The Balaban J connectivity index is 1.67. The molecule has 0 spiro atoms. The molecule has 1 saturated carbocycles. The van der Waals surface area contributed by atoms with Gasteiger partial charge in [0.05, 0.1) is 24.1 Å². The monoisotopic (exact) mass is 394 g/mol. The number of ether oxygens (including phenoxy) is 1. The molecule has 148 valence electrons. The molecule has 6 rings (SSSR count). The van der Waals surface area contributed by atoms with Crippen LogP contribution in [0.2, 0.25) is 0 Å². The van der Waals surface area contributed by atoms with Gasteiger partial charge in [-0.3, -0.25) is 14.8 Å². The van der Waals surface area contributed by atoms with Crippen molar-refractivity contribution in [2.75, 3.05) is 6.61 Å². The van der Waals surface area contributed by atoms with Crippen LogP contribution in [0.3, 0.4) is 0 Å². The molecular weight excluding hydrogens is 372 g/mol. The molecule has 0 saturated heterocycles. The maximum Gasteiger partial charge on any atom is 0.310 e. The Morgan fingerprint density at radius 2 is 1.90 bits per heavy atom. The summed E-state index contributed by atoms with van der Waals surface area (Å²) in [7, 11) is 0. The van der Waals surface area contributed by atoms with Crippen molar-refractivity contribution in [2.24, 2.45) is 0 Å². The first-order chi connectivity index (χ1) is 14.7. The minimum Gasteiger partial charge on any atom is -0.466 e. The van der Waals surface area contributed by atoms with Crippen LogP contribution in [0, 0.1) is 6.92 Å². The van der Waals surface area contributed by atoms with Crippen LogP contribution in [-0.2, 0) is 16.0 Å². The SMILES string of the molecule is CCOC(=O)Cc1c(C)nc2ccccc2c1-c1ccc2c3c(ccnc13)C1CC21. The van der Waals surface area contributed by atoms with Gasteiger partial charge in [-0.2, -0.15) is 0 Å². The van der Waals surface area contributed by atoms with Gasteiger partial charge < -0.3 is 4.74 Å². The third-order valence-electron chi connectivity index (χ3n) is 6.64. The number of hydrogen-bond acceptors (Lipinski definition) is 4. The molecule has 4 heteroatoms. The van der Waals surface area contributed by atoms with Gasteiger partial charge in [-0.05, 0) is 66.5 Å². The highest BCUT2D eigenvalue weighted by atomic mass is 16.5. The van der Waals surface area contributed by atoms with Gasteiger partial charge in [-0.1, -0.05) is 30.3 Å². The van der Waals surface area contributed by atoms with E-state index in [1.165, 1.54) is 22.9 Å². The molecule has 2 unspecified atom stereocenters. The molecule has 2 aliphatic carbocycles. The Bertz CT molecular complexity index is 1340. The zero-order valence-corrected chi connectivity index (χ0v) is 17.1. The molecule has 2 aromatic heterocycles. The molecule has 0 radical (unpaired) electrons. The molecule has 1 fully saturated rings. The number of aryl methyl sites for hydroxylation is 1. The minimum absolute atomic E-state index is 0.209. The Morgan fingerprint density at radius 3 is 2.73 bits per heavy atom. The molecule has 0 aliphatic heterocycles. The Morgan fingerprint density at radius 1 is 1.10 bits per heavy atom. The summed E-state index contributed by atoms with van der Waals surface area (Å²) in [5.41, 5.74) is 8.77. The van der Waals surface area contributed by atoms with Crippen LogP contribution in [0.15, 0.2) is 48.7 Å². The summed E-state index contributed by atoms with van der Waals surface area (Å²) in [5, 5.41) is 2.37. The van der Waals surface area contributed by atoms with E-state index in [0.717, 1.165) is 38.8 Å². The summed E-state index contributed by atoms with van der Waals surface area (Å²) in [6.07, 6.45) is 3.41. The molecule has 30 heavy (non-hydrogen) atoms. The van der Waals surface area contributed by atoms with Gasteiger partial charge in [0.1, 0.15) is 0 Å². The van der Waals surface area contributed by atoms with E-state index < -0.39 is 0 Å². The van der Waals surface area contributed by atoms with Crippen LogP contribution < -0.4 is 0 Å². The lowest BCUT2D eigenvalue weighted by Gasteiger charge is -2.18. The number of benzene rings is 2. The number of esters is 1. The number of carbonyl (C=O) groups is 1. The molecule has 0 amide bonds. The molecule has 2 heterocycles. The second-order valence-electron chi connectivity index (χ2n) is 8.32. The standard InChI is InChI=1S/C26H22N2O2/c1-3-30-23(29)13-19-14(2)28-22-7-5-4-6-17(22)24(19)18-9-8-15-20-12-21(20)16-10-11-27-26(18)25(15)16/h4-11,20-21H,3,12-13H2,1-2H3. The number of fused-ring (bicyclic) bond motifs is 4. The third-order valence-corrected chi connectivity index (χ3v) is 6.64. The number of aromatic nitrogens is 2. The highest BCUT2D eigenvalue weighted by Gasteiger charge is 2.47. The molecule has 0 bridgehead atoms. The maximum absolute atomic E-state index is 12.4. The predicted molar refractivity (Wildman–Crippen MR) is 118 cm³/mol. The van der Waals surface area contributed by atoms with Gasteiger partial charge >= 0.3 is 5.97 Å². The first kappa shape index (κ1) is 17.6. The van der Waals surface area contributed by atoms with Crippen molar-refractivity contribution < 1.29 is 9.53 Å². The Labute approximate surface area is 174 Å². The lowest BCUT2D eigenvalue weighted by Crippen LogP contribution is -2.11. The fraction of sp³-hybridized carbons (Fsp3) is 0.269. The first-order valence-electron chi connectivity index (χ1n) is 10.6. The maximum atomic E-state index is 12.4. The van der Waals surface area contributed by atoms with Crippen LogP contribution in [0.25, 0.3) is 32.9 Å². The van der Waals surface area contributed by atoms with E-state index in [-0.39, 0.29) is 12.4 Å². The van der Waals surface area contributed by atoms with Crippen molar-refractivity contribution in [3.05, 3.63) is 71.0 Å². The van der Waals surface area contributed by atoms with E-state index in [1.54, 1.807) is 0 Å². The third kappa shape index (κ3) is 2.43. The number of hydrogen-bond donors (Lipinski definition) is 0. The topological polar surface area (TPSA) is 52.1 Å². The highest BCUT2D eigenvalue weighted by molar-refractivity contribution is 6.07. The number of rotatable bonds is 4. The van der Waals surface area contributed by atoms with Crippen molar-refractivity contribution >= 4 is 27.8 Å².